The maximum absolute atomic E-state index is 13.5. The minimum atomic E-state index is -0.664. The van der Waals surface area contributed by atoms with Gasteiger partial charge in [-0.25, -0.2) is 8.78 Å². The Hall–Kier alpha value is -1.00. The SMILES string of the molecule is CC1OCCC1(N)Cc1c(F)cccc1F. The van der Waals surface area contributed by atoms with Crippen molar-refractivity contribution < 1.29 is 13.5 Å². The molecular weight excluding hydrogens is 212 g/mol. The summed E-state index contributed by atoms with van der Waals surface area (Å²) in [5.74, 6) is -1.08. The zero-order valence-corrected chi connectivity index (χ0v) is 9.17. The van der Waals surface area contributed by atoms with Crippen molar-refractivity contribution in [2.75, 3.05) is 6.61 Å². The molecular formula is C12H15F2NO. The molecule has 4 heteroatoms. The molecule has 1 saturated heterocycles. The summed E-state index contributed by atoms with van der Waals surface area (Å²) in [6, 6.07) is 3.86. The Bertz CT molecular complexity index is 376. The Morgan fingerprint density at radius 3 is 2.56 bits per heavy atom. The Morgan fingerprint density at radius 1 is 1.44 bits per heavy atom. The molecule has 2 rings (SSSR count). The lowest BCUT2D eigenvalue weighted by molar-refractivity contribution is 0.0950. The van der Waals surface area contributed by atoms with Gasteiger partial charge in [-0.15, -0.1) is 0 Å². The molecule has 1 aliphatic heterocycles. The van der Waals surface area contributed by atoms with Crippen LogP contribution in [0, 0.1) is 11.6 Å². The second-order valence-corrected chi connectivity index (χ2v) is 4.37. The smallest absolute Gasteiger partial charge is 0.129 e. The summed E-state index contributed by atoms with van der Waals surface area (Å²) in [5, 5.41) is 0. The highest BCUT2D eigenvalue weighted by molar-refractivity contribution is 5.23. The zero-order chi connectivity index (χ0) is 11.8. The molecule has 0 bridgehead atoms. The monoisotopic (exact) mass is 227 g/mol. The van der Waals surface area contributed by atoms with E-state index in [9.17, 15) is 8.78 Å². The molecule has 1 fully saturated rings. The zero-order valence-electron chi connectivity index (χ0n) is 9.17. The maximum atomic E-state index is 13.5. The Morgan fingerprint density at radius 2 is 2.06 bits per heavy atom. The minimum Gasteiger partial charge on any atom is -0.377 e. The van der Waals surface area contributed by atoms with Crippen molar-refractivity contribution in [3.8, 4) is 0 Å². The van der Waals surface area contributed by atoms with Crippen molar-refractivity contribution >= 4 is 0 Å². The summed E-state index contributed by atoms with van der Waals surface area (Å²) in [7, 11) is 0. The first-order valence-electron chi connectivity index (χ1n) is 5.36. The lowest BCUT2D eigenvalue weighted by Gasteiger charge is -2.27. The van der Waals surface area contributed by atoms with Gasteiger partial charge in [0.2, 0.25) is 0 Å². The van der Waals surface area contributed by atoms with E-state index in [-0.39, 0.29) is 18.1 Å². The van der Waals surface area contributed by atoms with Gasteiger partial charge in [-0.2, -0.15) is 0 Å². The third kappa shape index (κ3) is 1.95. The molecule has 16 heavy (non-hydrogen) atoms. The average Bonchev–Trinajstić information content (AvgIpc) is 2.54. The van der Waals surface area contributed by atoms with E-state index in [0.717, 1.165) is 0 Å². The predicted octanol–water partition coefficient (Wildman–Crippen LogP) is 2.01. The standard InChI is InChI=1S/C12H15F2NO/c1-8-12(15,5-6-16-8)7-9-10(13)3-2-4-11(9)14/h2-4,8H,5-7,15H2,1H3. The lowest BCUT2D eigenvalue weighted by atomic mass is 9.86. The first kappa shape index (κ1) is 11.5. The number of rotatable bonds is 2. The van der Waals surface area contributed by atoms with Gasteiger partial charge in [0.15, 0.2) is 0 Å². The number of halogens is 2. The van der Waals surface area contributed by atoms with E-state index in [1.54, 1.807) is 0 Å². The number of hydrogen-bond donors (Lipinski definition) is 1. The van der Waals surface area contributed by atoms with Crippen molar-refractivity contribution in [3.05, 3.63) is 35.4 Å². The molecule has 0 saturated carbocycles. The van der Waals surface area contributed by atoms with Crippen LogP contribution in [0.25, 0.3) is 0 Å². The highest BCUT2D eigenvalue weighted by atomic mass is 19.1. The quantitative estimate of drug-likeness (QED) is 0.838. The highest BCUT2D eigenvalue weighted by Gasteiger charge is 2.38. The largest absolute Gasteiger partial charge is 0.377 e. The van der Waals surface area contributed by atoms with Gasteiger partial charge in [-0.05, 0) is 31.9 Å². The third-order valence-electron chi connectivity index (χ3n) is 3.31. The van der Waals surface area contributed by atoms with Gasteiger partial charge >= 0.3 is 0 Å². The molecule has 0 aromatic heterocycles. The highest BCUT2D eigenvalue weighted by Crippen LogP contribution is 2.28. The molecule has 0 spiro atoms. The van der Waals surface area contributed by atoms with Crippen LogP contribution in [0.15, 0.2) is 18.2 Å². The van der Waals surface area contributed by atoms with E-state index in [2.05, 4.69) is 0 Å². The van der Waals surface area contributed by atoms with Crippen molar-refractivity contribution in [2.45, 2.75) is 31.4 Å². The topological polar surface area (TPSA) is 35.2 Å². The fraction of sp³-hybridized carbons (Fsp3) is 0.500. The van der Waals surface area contributed by atoms with E-state index in [4.69, 9.17) is 10.5 Å². The summed E-state index contributed by atoms with van der Waals surface area (Å²) in [4.78, 5) is 0. The fourth-order valence-corrected chi connectivity index (χ4v) is 2.06. The minimum absolute atomic E-state index is 0.0577. The van der Waals surface area contributed by atoms with Crippen LogP contribution in [0.3, 0.4) is 0 Å². The Kier molecular flexibility index (Phi) is 2.95. The molecule has 2 nitrogen and oxygen atoms in total. The van der Waals surface area contributed by atoms with Gasteiger partial charge in [0, 0.05) is 17.7 Å². The van der Waals surface area contributed by atoms with Crippen LogP contribution in [0.2, 0.25) is 0 Å². The maximum Gasteiger partial charge on any atom is 0.129 e. The first-order chi connectivity index (χ1) is 7.53. The van der Waals surface area contributed by atoms with E-state index in [1.165, 1.54) is 18.2 Å². The summed E-state index contributed by atoms with van der Waals surface area (Å²) < 4.78 is 32.3. The Balaban J connectivity index is 2.27. The van der Waals surface area contributed by atoms with Gasteiger partial charge in [0.1, 0.15) is 11.6 Å². The van der Waals surface area contributed by atoms with Crippen LogP contribution in [0.1, 0.15) is 18.9 Å². The molecule has 2 N–H and O–H groups in total. The summed E-state index contributed by atoms with van der Waals surface area (Å²) in [5.41, 5.74) is 5.51. The average molecular weight is 227 g/mol. The summed E-state index contributed by atoms with van der Waals surface area (Å²) >= 11 is 0. The van der Waals surface area contributed by atoms with E-state index in [0.29, 0.717) is 13.0 Å². The molecule has 88 valence electrons. The summed E-state index contributed by atoms with van der Waals surface area (Å²) in [6.45, 7) is 2.39. The van der Waals surface area contributed by atoms with Crippen LogP contribution in [0.5, 0.6) is 0 Å². The van der Waals surface area contributed by atoms with Crippen molar-refractivity contribution in [3.63, 3.8) is 0 Å². The third-order valence-corrected chi connectivity index (χ3v) is 3.31. The molecule has 0 aliphatic carbocycles. The molecule has 1 aromatic rings. The first-order valence-corrected chi connectivity index (χ1v) is 5.36. The van der Waals surface area contributed by atoms with Crippen LogP contribution in [0.4, 0.5) is 8.78 Å². The second-order valence-electron chi connectivity index (χ2n) is 4.37. The van der Waals surface area contributed by atoms with Gasteiger partial charge < -0.3 is 10.5 Å². The molecule has 0 radical (unpaired) electrons. The second kappa shape index (κ2) is 4.11. The van der Waals surface area contributed by atoms with E-state index < -0.39 is 17.2 Å². The fourth-order valence-electron chi connectivity index (χ4n) is 2.06. The van der Waals surface area contributed by atoms with E-state index >= 15 is 0 Å². The van der Waals surface area contributed by atoms with E-state index in [1.807, 2.05) is 6.92 Å². The van der Waals surface area contributed by atoms with Crippen molar-refractivity contribution in [1.82, 2.24) is 0 Å². The predicted molar refractivity (Wildman–Crippen MR) is 57.0 cm³/mol. The van der Waals surface area contributed by atoms with Crippen LogP contribution in [-0.4, -0.2) is 18.2 Å². The van der Waals surface area contributed by atoms with Gasteiger partial charge in [-0.3, -0.25) is 0 Å². The number of ether oxygens (including phenoxy) is 1. The molecule has 1 aliphatic rings. The number of hydrogen-bond acceptors (Lipinski definition) is 2. The number of nitrogens with two attached hydrogens (primary N) is 1. The summed E-state index contributed by atoms with van der Waals surface area (Å²) in [6.07, 6.45) is 0.626. The molecule has 2 atom stereocenters. The normalized spacial score (nSPS) is 29.6. The van der Waals surface area contributed by atoms with Gasteiger partial charge in [-0.1, -0.05) is 6.07 Å². The number of benzene rings is 1. The molecule has 0 amide bonds. The lowest BCUT2D eigenvalue weighted by Crippen LogP contribution is -2.48. The molecule has 1 aromatic carbocycles. The van der Waals surface area contributed by atoms with Crippen molar-refractivity contribution in [1.29, 1.82) is 0 Å². The van der Waals surface area contributed by atoms with Crippen molar-refractivity contribution in [2.24, 2.45) is 5.73 Å². The van der Waals surface area contributed by atoms with Crippen LogP contribution >= 0.6 is 0 Å². The molecule has 1 heterocycles. The van der Waals surface area contributed by atoms with Gasteiger partial charge in [0.05, 0.1) is 6.10 Å². The Labute approximate surface area is 93.4 Å². The van der Waals surface area contributed by atoms with Gasteiger partial charge in [0.25, 0.3) is 0 Å². The van der Waals surface area contributed by atoms with Crippen LogP contribution in [-0.2, 0) is 11.2 Å². The molecule has 2 unspecified atom stereocenters. The van der Waals surface area contributed by atoms with Crippen LogP contribution < -0.4 is 5.73 Å².